The van der Waals surface area contributed by atoms with Crippen LogP contribution in [0.4, 0.5) is 10.5 Å². The van der Waals surface area contributed by atoms with Gasteiger partial charge in [-0.3, -0.25) is 0 Å². The number of terminal acetylenes is 1. The third kappa shape index (κ3) is 3.65. The number of para-hydroxylation sites is 2. The predicted octanol–water partition coefficient (Wildman–Crippen LogP) is 3.01. The molecule has 4 heteroatoms. The molecule has 19 heavy (non-hydrogen) atoms. The van der Waals surface area contributed by atoms with Crippen LogP contribution in [0.3, 0.4) is 0 Å². The second-order valence-corrected chi connectivity index (χ2v) is 4.21. The minimum Gasteiger partial charge on any atom is -0.495 e. The lowest BCUT2D eigenvalue weighted by Gasteiger charge is -2.27. The van der Waals surface area contributed by atoms with Crippen LogP contribution in [0, 0.1) is 12.3 Å². The van der Waals surface area contributed by atoms with E-state index >= 15 is 0 Å². The number of carbonyl (C=O) groups is 1. The van der Waals surface area contributed by atoms with Gasteiger partial charge in [0.1, 0.15) is 11.3 Å². The van der Waals surface area contributed by atoms with Crippen molar-refractivity contribution in [1.29, 1.82) is 0 Å². The quantitative estimate of drug-likeness (QED) is 0.800. The summed E-state index contributed by atoms with van der Waals surface area (Å²) in [5.74, 6) is 3.27. The van der Waals surface area contributed by atoms with Gasteiger partial charge >= 0.3 is 6.03 Å². The number of ether oxygens (including phenoxy) is 1. The van der Waals surface area contributed by atoms with Gasteiger partial charge in [-0.05, 0) is 25.0 Å². The molecule has 0 unspecified atom stereocenters. The fourth-order valence-corrected chi connectivity index (χ4v) is 1.79. The molecule has 0 aromatic heterocycles. The van der Waals surface area contributed by atoms with Crippen molar-refractivity contribution < 1.29 is 9.53 Å². The van der Waals surface area contributed by atoms with Gasteiger partial charge in [0, 0.05) is 0 Å². The van der Waals surface area contributed by atoms with E-state index in [0.29, 0.717) is 24.3 Å². The van der Waals surface area contributed by atoms with Crippen LogP contribution in [-0.4, -0.2) is 18.7 Å². The third-order valence-electron chi connectivity index (χ3n) is 3.19. The van der Waals surface area contributed by atoms with Crippen LogP contribution in [0.5, 0.6) is 5.75 Å². The summed E-state index contributed by atoms with van der Waals surface area (Å²) in [6.45, 7) is 3.90. The van der Waals surface area contributed by atoms with Crippen LogP contribution >= 0.6 is 0 Å². The highest BCUT2D eigenvalue weighted by atomic mass is 16.5. The van der Waals surface area contributed by atoms with Crippen LogP contribution in [0.25, 0.3) is 0 Å². The van der Waals surface area contributed by atoms with E-state index in [1.54, 1.807) is 19.2 Å². The Morgan fingerprint density at radius 2 is 2.00 bits per heavy atom. The normalized spacial score (nSPS) is 10.4. The monoisotopic (exact) mass is 260 g/mol. The summed E-state index contributed by atoms with van der Waals surface area (Å²) < 4.78 is 5.17. The average Bonchev–Trinajstić information content (AvgIpc) is 2.45. The van der Waals surface area contributed by atoms with E-state index in [0.717, 1.165) is 0 Å². The van der Waals surface area contributed by atoms with E-state index in [4.69, 9.17) is 11.2 Å². The second kappa shape index (κ2) is 6.69. The molecule has 0 heterocycles. The van der Waals surface area contributed by atoms with E-state index in [2.05, 4.69) is 16.6 Å². The first kappa shape index (κ1) is 14.9. The molecule has 0 bridgehead atoms. The fraction of sp³-hybridized carbons (Fsp3) is 0.400. The number of urea groups is 1. The molecule has 0 aliphatic rings. The first-order valence-corrected chi connectivity index (χ1v) is 6.30. The van der Waals surface area contributed by atoms with Crippen LogP contribution in [0.1, 0.15) is 26.7 Å². The minimum absolute atomic E-state index is 0.328. The minimum atomic E-state index is -0.605. The van der Waals surface area contributed by atoms with Crippen molar-refractivity contribution in [2.75, 3.05) is 12.4 Å². The maximum Gasteiger partial charge on any atom is 0.320 e. The van der Waals surface area contributed by atoms with Crippen molar-refractivity contribution in [2.45, 2.75) is 32.2 Å². The van der Waals surface area contributed by atoms with Crippen LogP contribution < -0.4 is 15.4 Å². The number of amides is 2. The van der Waals surface area contributed by atoms with E-state index in [9.17, 15) is 4.79 Å². The summed E-state index contributed by atoms with van der Waals surface area (Å²) >= 11 is 0. The maximum atomic E-state index is 12.0. The highest BCUT2D eigenvalue weighted by Crippen LogP contribution is 2.23. The molecule has 1 rings (SSSR count). The van der Waals surface area contributed by atoms with Crippen molar-refractivity contribution in [2.24, 2.45) is 0 Å². The zero-order chi connectivity index (χ0) is 14.3. The fourth-order valence-electron chi connectivity index (χ4n) is 1.79. The van der Waals surface area contributed by atoms with Crippen LogP contribution in [0.2, 0.25) is 0 Å². The number of hydrogen-bond donors (Lipinski definition) is 2. The second-order valence-electron chi connectivity index (χ2n) is 4.21. The van der Waals surface area contributed by atoms with Crippen molar-refractivity contribution in [3.63, 3.8) is 0 Å². The van der Waals surface area contributed by atoms with Crippen LogP contribution in [0.15, 0.2) is 24.3 Å². The van der Waals surface area contributed by atoms with Crippen molar-refractivity contribution >= 4 is 11.7 Å². The highest BCUT2D eigenvalue weighted by Gasteiger charge is 2.25. The topological polar surface area (TPSA) is 50.4 Å². The number of rotatable bonds is 5. The number of carbonyl (C=O) groups excluding carboxylic acids is 1. The molecule has 2 N–H and O–H groups in total. The van der Waals surface area contributed by atoms with E-state index < -0.39 is 5.54 Å². The van der Waals surface area contributed by atoms with Gasteiger partial charge < -0.3 is 15.4 Å². The van der Waals surface area contributed by atoms with Gasteiger partial charge in [0.05, 0.1) is 12.8 Å². The number of anilines is 1. The molecular weight excluding hydrogens is 240 g/mol. The third-order valence-corrected chi connectivity index (χ3v) is 3.19. The van der Waals surface area contributed by atoms with Gasteiger partial charge in [-0.15, -0.1) is 6.42 Å². The Balaban J connectivity index is 2.78. The molecule has 2 amide bonds. The first-order valence-electron chi connectivity index (χ1n) is 6.30. The number of nitrogens with one attached hydrogen (secondary N) is 2. The zero-order valence-electron chi connectivity index (χ0n) is 11.6. The maximum absolute atomic E-state index is 12.0. The van der Waals surface area contributed by atoms with Crippen molar-refractivity contribution in [1.82, 2.24) is 5.32 Å². The molecule has 1 aromatic rings. The number of hydrogen-bond acceptors (Lipinski definition) is 2. The molecule has 0 saturated heterocycles. The molecule has 1 aromatic carbocycles. The summed E-state index contributed by atoms with van der Waals surface area (Å²) in [4.78, 5) is 12.0. The lowest BCUT2D eigenvalue weighted by Crippen LogP contribution is -2.48. The number of benzene rings is 1. The van der Waals surface area contributed by atoms with Gasteiger partial charge in [0.2, 0.25) is 0 Å². The van der Waals surface area contributed by atoms with E-state index in [1.807, 2.05) is 26.0 Å². The first-order chi connectivity index (χ1) is 9.10. The Morgan fingerprint density at radius 1 is 1.37 bits per heavy atom. The molecule has 0 spiro atoms. The molecule has 0 fully saturated rings. The van der Waals surface area contributed by atoms with Gasteiger partial charge in [0.15, 0.2) is 0 Å². The lowest BCUT2D eigenvalue weighted by molar-refractivity contribution is 0.242. The molecule has 102 valence electrons. The largest absolute Gasteiger partial charge is 0.495 e. The molecule has 0 atom stereocenters. The lowest BCUT2D eigenvalue weighted by atomic mass is 9.94. The number of methoxy groups -OCH3 is 1. The summed E-state index contributed by atoms with van der Waals surface area (Å²) in [5.41, 5.74) is 0.00663. The molecule has 0 saturated carbocycles. The summed E-state index contributed by atoms with van der Waals surface area (Å²) in [6, 6.07) is 6.89. The van der Waals surface area contributed by atoms with Gasteiger partial charge in [-0.1, -0.05) is 31.9 Å². The van der Waals surface area contributed by atoms with Gasteiger partial charge in [-0.25, -0.2) is 4.79 Å². The van der Waals surface area contributed by atoms with E-state index in [-0.39, 0.29) is 6.03 Å². The Bertz CT molecular complexity index is 473. The van der Waals surface area contributed by atoms with Gasteiger partial charge in [0.25, 0.3) is 0 Å². The van der Waals surface area contributed by atoms with E-state index in [1.165, 1.54) is 0 Å². The smallest absolute Gasteiger partial charge is 0.320 e. The zero-order valence-corrected chi connectivity index (χ0v) is 11.6. The standard InChI is InChI=1S/C15H20N2O2/c1-5-15(6-2,7-3)17-14(18)16-12-10-8-9-11-13(12)19-4/h1,8-11H,6-7H2,2-4H3,(H2,16,17,18). The molecular formula is C15H20N2O2. The molecule has 0 radical (unpaired) electrons. The molecule has 0 aliphatic heterocycles. The summed E-state index contributed by atoms with van der Waals surface area (Å²) in [5, 5.41) is 5.59. The average molecular weight is 260 g/mol. The molecule has 4 nitrogen and oxygen atoms in total. The Morgan fingerprint density at radius 3 is 2.53 bits per heavy atom. The summed E-state index contributed by atoms with van der Waals surface area (Å²) in [6.07, 6.45) is 6.87. The predicted molar refractivity (Wildman–Crippen MR) is 77.3 cm³/mol. The van der Waals surface area contributed by atoms with Gasteiger partial charge in [-0.2, -0.15) is 0 Å². The van der Waals surface area contributed by atoms with Crippen LogP contribution in [-0.2, 0) is 0 Å². The van der Waals surface area contributed by atoms with Crippen molar-refractivity contribution in [3.8, 4) is 18.1 Å². The highest BCUT2D eigenvalue weighted by molar-refractivity contribution is 5.91. The Kier molecular flexibility index (Phi) is 5.25. The Labute approximate surface area is 114 Å². The SMILES string of the molecule is C#CC(CC)(CC)NC(=O)Nc1ccccc1OC. The molecule has 0 aliphatic carbocycles. The van der Waals surface area contributed by atoms with Crippen molar-refractivity contribution in [3.05, 3.63) is 24.3 Å². The Hall–Kier alpha value is -2.15. The summed E-state index contributed by atoms with van der Waals surface area (Å²) in [7, 11) is 1.56.